The first kappa shape index (κ1) is 20.2. The molecule has 0 aromatic heterocycles. The molecule has 1 aliphatic rings. The van der Waals surface area contributed by atoms with Gasteiger partial charge in [0.25, 0.3) is 11.8 Å². The van der Waals surface area contributed by atoms with Crippen LogP contribution in [0.25, 0.3) is 6.08 Å². The molecule has 1 atom stereocenters. The summed E-state index contributed by atoms with van der Waals surface area (Å²) in [7, 11) is 1.37. The standard InChI is InChI=1S/C20H17ClN2O6/c1-11(20(26)27)29-17-12(8-13(21)10-16(17)28-2)9-15-18(24)22-23(19(15)25)14-6-4-3-5-7-14/h3-11H,1-2H3,(H,22,24)(H,26,27)/b15-9-/t11-/m1/s1. The van der Waals surface area contributed by atoms with Crippen LogP contribution in [0.4, 0.5) is 5.69 Å². The average Bonchev–Trinajstić information content (AvgIpc) is 2.98. The zero-order chi connectivity index (χ0) is 21.1. The molecule has 0 aliphatic carbocycles. The molecular weight excluding hydrogens is 400 g/mol. The fraction of sp³-hybridized carbons (Fsp3) is 0.150. The smallest absolute Gasteiger partial charge is 0.344 e. The van der Waals surface area contributed by atoms with Crippen molar-refractivity contribution in [2.45, 2.75) is 13.0 Å². The molecule has 0 unspecified atom stereocenters. The number of hydrogen-bond donors (Lipinski definition) is 2. The van der Waals surface area contributed by atoms with Crippen LogP contribution in [0.1, 0.15) is 12.5 Å². The molecule has 1 saturated heterocycles. The van der Waals surface area contributed by atoms with Gasteiger partial charge in [-0.2, -0.15) is 0 Å². The number of para-hydroxylation sites is 1. The van der Waals surface area contributed by atoms with E-state index in [1.54, 1.807) is 30.3 Å². The van der Waals surface area contributed by atoms with E-state index in [-0.39, 0.29) is 27.7 Å². The summed E-state index contributed by atoms with van der Waals surface area (Å²) in [4.78, 5) is 36.4. The number of benzene rings is 2. The van der Waals surface area contributed by atoms with Crippen LogP contribution in [0.5, 0.6) is 11.5 Å². The molecule has 9 heteroatoms. The molecule has 2 amide bonds. The maximum Gasteiger partial charge on any atom is 0.344 e. The molecule has 1 aliphatic heterocycles. The Morgan fingerprint density at radius 3 is 2.55 bits per heavy atom. The van der Waals surface area contributed by atoms with Gasteiger partial charge in [0, 0.05) is 16.7 Å². The van der Waals surface area contributed by atoms with Crippen LogP contribution >= 0.6 is 11.6 Å². The first-order valence-corrected chi connectivity index (χ1v) is 8.88. The number of rotatable bonds is 6. The summed E-state index contributed by atoms with van der Waals surface area (Å²) in [5.74, 6) is -2.15. The number of carboxylic acid groups (broad SMARTS) is 1. The first-order valence-electron chi connectivity index (χ1n) is 8.51. The van der Waals surface area contributed by atoms with Gasteiger partial charge in [0.2, 0.25) is 0 Å². The molecule has 8 nitrogen and oxygen atoms in total. The van der Waals surface area contributed by atoms with Crippen molar-refractivity contribution in [2.75, 3.05) is 12.1 Å². The quantitative estimate of drug-likeness (QED) is 0.554. The third kappa shape index (κ3) is 4.17. The Hall–Kier alpha value is -3.52. The van der Waals surface area contributed by atoms with Gasteiger partial charge in [-0.15, -0.1) is 0 Å². The number of carbonyl (C=O) groups excluding carboxylic acids is 2. The van der Waals surface area contributed by atoms with Crippen LogP contribution in [0.2, 0.25) is 5.02 Å². The van der Waals surface area contributed by atoms with Crippen molar-refractivity contribution in [1.29, 1.82) is 0 Å². The number of methoxy groups -OCH3 is 1. The van der Waals surface area contributed by atoms with E-state index in [4.69, 9.17) is 26.2 Å². The second kappa shape index (κ2) is 8.24. The average molecular weight is 417 g/mol. The SMILES string of the molecule is COc1cc(Cl)cc(/C=C2/C(=O)NN(c3ccccc3)C2=O)c1O[C@H](C)C(=O)O. The Morgan fingerprint density at radius 1 is 1.24 bits per heavy atom. The number of nitrogens with zero attached hydrogens (tertiary/aromatic N) is 1. The van der Waals surface area contributed by atoms with Crippen LogP contribution < -0.4 is 19.9 Å². The van der Waals surface area contributed by atoms with Gasteiger partial charge < -0.3 is 14.6 Å². The number of aliphatic carboxylic acids is 1. The number of ether oxygens (including phenoxy) is 2. The van der Waals surface area contributed by atoms with Crippen molar-refractivity contribution in [3.63, 3.8) is 0 Å². The van der Waals surface area contributed by atoms with Gasteiger partial charge in [-0.3, -0.25) is 15.0 Å². The zero-order valence-corrected chi connectivity index (χ0v) is 16.3. The zero-order valence-electron chi connectivity index (χ0n) is 15.5. The Morgan fingerprint density at radius 2 is 1.93 bits per heavy atom. The molecule has 29 heavy (non-hydrogen) atoms. The van der Waals surface area contributed by atoms with Crippen LogP contribution in [0.15, 0.2) is 48.0 Å². The molecule has 0 saturated carbocycles. The molecule has 2 aromatic carbocycles. The number of carboxylic acids is 1. The molecule has 3 rings (SSSR count). The summed E-state index contributed by atoms with van der Waals surface area (Å²) in [6.45, 7) is 1.35. The van der Waals surface area contributed by atoms with Crippen LogP contribution in [0, 0.1) is 0 Å². The van der Waals surface area contributed by atoms with Gasteiger partial charge in [-0.25, -0.2) is 9.80 Å². The second-order valence-corrected chi connectivity index (χ2v) is 6.54. The normalized spacial score (nSPS) is 16.0. The van der Waals surface area contributed by atoms with Gasteiger partial charge in [-0.05, 0) is 31.2 Å². The molecule has 2 N–H and O–H groups in total. The van der Waals surface area contributed by atoms with Gasteiger partial charge in [0.1, 0.15) is 5.57 Å². The lowest BCUT2D eigenvalue weighted by Crippen LogP contribution is -2.35. The lowest BCUT2D eigenvalue weighted by molar-refractivity contribution is -0.144. The summed E-state index contributed by atoms with van der Waals surface area (Å²) in [5.41, 5.74) is 3.05. The van der Waals surface area contributed by atoms with Crippen molar-refractivity contribution in [2.24, 2.45) is 0 Å². The monoisotopic (exact) mass is 416 g/mol. The van der Waals surface area contributed by atoms with Gasteiger partial charge in [-0.1, -0.05) is 29.8 Å². The molecule has 0 bridgehead atoms. The summed E-state index contributed by atoms with van der Waals surface area (Å²) in [6, 6.07) is 11.5. The van der Waals surface area contributed by atoms with Gasteiger partial charge in [0.05, 0.1) is 12.8 Å². The number of hydrogen-bond acceptors (Lipinski definition) is 5. The molecule has 0 spiro atoms. The summed E-state index contributed by atoms with van der Waals surface area (Å²) in [6.07, 6.45) is 0.0926. The van der Waals surface area contributed by atoms with Crippen molar-refractivity contribution in [3.8, 4) is 11.5 Å². The van der Waals surface area contributed by atoms with Crippen molar-refractivity contribution in [1.82, 2.24) is 5.43 Å². The number of halogens is 1. The third-order valence-electron chi connectivity index (χ3n) is 4.12. The number of nitrogens with one attached hydrogen (secondary N) is 1. The number of hydrazine groups is 1. The molecule has 1 heterocycles. The molecule has 0 radical (unpaired) electrons. The molecular formula is C20H17ClN2O6. The minimum absolute atomic E-state index is 0.0538. The maximum atomic E-state index is 12.8. The van der Waals surface area contributed by atoms with Crippen molar-refractivity contribution < 1.29 is 29.0 Å². The van der Waals surface area contributed by atoms with Crippen molar-refractivity contribution >= 4 is 41.1 Å². The molecule has 150 valence electrons. The second-order valence-electron chi connectivity index (χ2n) is 6.10. The van der Waals surface area contributed by atoms with Crippen molar-refractivity contribution in [3.05, 3.63) is 58.6 Å². The highest BCUT2D eigenvalue weighted by Crippen LogP contribution is 2.37. The fourth-order valence-corrected chi connectivity index (χ4v) is 2.89. The van der Waals surface area contributed by atoms with E-state index < -0.39 is 23.9 Å². The predicted molar refractivity (Wildman–Crippen MR) is 106 cm³/mol. The number of anilines is 1. The molecule has 2 aromatic rings. The van der Waals surface area contributed by atoms with E-state index in [9.17, 15) is 14.4 Å². The Labute approximate surface area is 171 Å². The molecule has 1 fully saturated rings. The van der Waals surface area contributed by atoms with Gasteiger partial charge >= 0.3 is 5.97 Å². The minimum Gasteiger partial charge on any atom is -0.493 e. The Balaban J connectivity index is 2.05. The highest BCUT2D eigenvalue weighted by Gasteiger charge is 2.35. The number of carbonyl (C=O) groups is 3. The van der Waals surface area contributed by atoms with E-state index in [1.807, 2.05) is 0 Å². The minimum atomic E-state index is -1.20. The largest absolute Gasteiger partial charge is 0.493 e. The van der Waals surface area contributed by atoms with E-state index in [0.717, 1.165) is 5.01 Å². The summed E-state index contributed by atoms with van der Waals surface area (Å²) in [5, 5.41) is 10.5. The fourth-order valence-electron chi connectivity index (χ4n) is 2.67. The van der Waals surface area contributed by atoms with Crippen LogP contribution in [-0.2, 0) is 14.4 Å². The summed E-state index contributed by atoms with van der Waals surface area (Å²) < 4.78 is 10.7. The number of amides is 2. The predicted octanol–water partition coefficient (Wildman–Crippen LogP) is 2.66. The lowest BCUT2D eigenvalue weighted by atomic mass is 10.1. The Kier molecular flexibility index (Phi) is 5.74. The van der Waals surface area contributed by atoms with E-state index in [1.165, 1.54) is 32.2 Å². The highest BCUT2D eigenvalue weighted by atomic mass is 35.5. The maximum absolute atomic E-state index is 12.8. The van der Waals surface area contributed by atoms with E-state index in [2.05, 4.69) is 5.43 Å². The van der Waals surface area contributed by atoms with E-state index >= 15 is 0 Å². The van der Waals surface area contributed by atoms with E-state index in [0.29, 0.717) is 5.69 Å². The third-order valence-corrected chi connectivity index (χ3v) is 4.33. The summed E-state index contributed by atoms with van der Waals surface area (Å²) >= 11 is 6.11. The van der Waals surface area contributed by atoms with Crippen LogP contribution in [0.3, 0.4) is 0 Å². The topological polar surface area (TPSA) is 105 Å². The first-order chi connectivity index (χ1) is 13.8. The van der Waals surface area contributed by atoms with Gasteiger partial charge in [0.15, 0.2) is 17.6 Å². The lowest BCUT2D eigenvalue weighted by Gasteiger charge is -2.17. The van der Waals surface area contributed by atoms with Crippen LogP contribution in [-0.4, -0.2) is 36.1 Å². The Bertz CT molecular complexity index is 1010. The highest BCUT2D eigenvalue weighted by molar-refractivity contribution is 6.32.